The van der Waals surface area contributed by atoms with Gasteiger partial charge in [-0.05, 0) is 155 Å². The zero-order valence-electron chi connectivity index (χ0n) is 46.5. The maximum atomic E-state index is 9.68. The molecule has 14 heteroatoms. The molecule has 0 atom stereocenters. The van der Waals surface area contributed by atoms with Gasteiger partial charge in [0.1, 0.15) is 0 Å². The first-order valence-corrected chi connectivity index (χ1v) is 31.0. The summed E-state index contributed by atoms with van der Waals surface area (Å²) in [7, 11) is -1.47. The summed E-state index contributed by atoms with van der Waals surface area (Å²) in [5.41, 5.74) is 12.9. The third-order valence-corrected chi connectivity index (χ3v) is 18.1. The summed E-state index contributed by atoms with van der Waals surface area (Å²) in [5.74, 6) is 1.61. The monoisotopic (exact) mass is 1230 g/mol. The van der Waals surface area contributed by atoms with E-state index in [1.807, 2.05) is 90.2 Å². The standard InChI is InChI=1S/C37H22ClN3S.C28H19BO2S.C9H5Cl2N3/c38-37-40-35(24-12-5-2-6-13-24)39-36(41-37)27-18-19-32-31(21-27)34-29-17-8-7-16-28(29)30(22-33(34)42-32)26-15-9-14-25(20-26)23-10-3-1-4-11-23;30-29(31)21-13-14-26-25(16-21)28-23-12-5-4-11-22(23)24(17-27(28)32-26)20-10-6-9-19(15-20)18-7-2-1-3-8-18;10-8-12-7(13-9(11)14-8)6-4-2-1-3-5-6/h1-22H;1-17,30-31H;1-5H. The molecule has 4 aromatic heterocycles. The van der Waals surface area contributed by atoms with Gasteiger partial charge in [-0.15, -0.1) is 22.7 Å². The Hall–Kier alpha value is -9.53. The van der Waals surface area contributed by atoms with Gasteiger partial charge in [-0.1, -0.05) is 218 Å². The van der Waals surface area contributed by atoms with Gasteiger partial charge in [0.25, 0.3) is 0 Å². The molecule has 2 N–H and O–H groups in total. The van der Waals surface area contributed by atoms with Gasteiger partial charge in [0.05, 0.1) is 0 Å². The first-order chi connectivity index (χ1) is 43.1. The normalized spacial score (nSPS) is 11.2. The summed E-state index contributed by atoms with van der Waals surface area (Å²) in [5, 5.41) is 29.3. The van der Waals surface area contributed by atoms with Gasteiger partial charge in [-0.3, -0.25) is 0 Å². The maximum Gasteiger partial charge on any atom is 0.488 e. The number of rotatable bonds is 8. The topological polar surface area (TPSA) is 118 Å². The van der Waals surface area contributed by atoms with Crippen molar-refractivity contribution in [1.82, 2.24) is 29.9 Å². The number of nitrogens with zero attached hydrogens (tertiary/aromatic N) is 6. The van der Waals surface area contributed by atoms with Crippen molar-refractivity contribution in [3.63, 3.8) is 0 Å². The van der Waals surface area contributed by atoms with Gasteiger partial charge in [-0.2, -0.15) is 24.9 Å². The molecule has 0 saturated carbocycles. The molecule has 0 aliphatic heterocycles. The molecule has 420 valence electrons. The number of aromatic nitrogens is 6. The summed E-state index contributed by atoms with van der Waals surface area (Å²) < 4.78 is 4.81. The van der Waals surface area contributed by atoms with Crippen molar-refractivity contribution in [2.45, 2.75) is 0 Å². The van der Waals surface area contributed by atoms with Crippen molar-refractivity contribution in [1.29, 1.82) is 0 Å². The Morgan fingerprint density at radius 2 is 0.625 bits per heavy atom. The summed E-state index contributed by atoms with van der Waals surface area (Å²) in [4.78, 5) is 25.3. The molecule has 0 aliphatic rings. The van der Waals surface area contributed by atoms with Crippen LogP contribution in [-0.4, -0.2) is 47.1 Å². The van der Waals surface area contributed by atoms with Crippen LogP contribution < -0.4 is 5.46 Å². The zero-order chi connectivity index (χ0) is 59.7. The average Bonchev–Trinajstić information content (AvgIpc) is 2.35. The Morgan fingerprint density at radius 3 is 1.09 bits per heavy atom. The van der Waals surface area contributed by atoms with Crippen molar-refractivity contribution in [2.24, 2.45) is 0 Å². The molecule has 88 heavy (non-hydrogen) atoms. The quantitative estimate of drug-likeness (QED) is 0.145. The lowest BCUT2D eigenvalue weighted by atomic mass is 9.79. The lowest BCUT2D eigenvalue weighted by Crippen LogP contribution is -2.29. The summed E-state index contributed by atoms with van der Waals surface area (Å²) in [6, 6.07) is 91.8. The number of hydrogen-bond donors (Lipinski definition) is 2. The summed E-state index contributed by atoms with van der Waals surface area (Å²) in [6.07, 6.45) is 0. The average molecular weight is 1230 g/mol. The van der Waals surface area contributed by atoms with E-state index in [0.29, 0.717) is 22.9 Å². The number of hydrogen-bond acceptors (Lipinski definition) is 10. The van der Waals surface area contributed by atoms with Crippen LogP contribution in [0, 0.1) is 0 Å². The minimum atomic E-state index is -1.47. The highest BCUT2D eigenvalue weighted by Gasteiger charge is 2.20. The molecule has 4 heterocycles. The molecule has 12 aromatic carbocycles. The molecule has 0 aliphatic carbocycles. The van der Waals surface area contributed by atoms with Crippen LogP contribution >= 0.6 is 57.5 Å². The molecule has 0 spiro atoms. The van der Waals surface area contributed by atoms with Gasteiger partial charge in [0, 0.05) is 57.0 Å². The molecule has 8 nitrogen and oxygen atoms in total. The third kappa shape index (κ3) is 11.5. The predicted octanol–water partition coefficient (Wildman–Crippen LogP) is 19.8. The number of thiophene rings is 2. The highest BCUT2D eigenvalue weighted by atomic mass is 35.5. The van der Waals surface area contributed by atoms with E-state index in [-0.39, 0.29) is 15.9 Å². The smallest absolute Gasteiger partial charge is 0.423 e. The van der Waals surface area contributed by atoms with Crippen LogP contribution in [0.1, 0.15) is 0 Å². The van der Waals surface area contributed by atoms with E-state index >= 15 is 0 Å². The minimum Gasteiger partial charge on any atom is -0.423 e. The highest BCUT2D eigenvalue weighted by Crippen LogP contribution is 2.46. The predicted molar refractivity (Wildman–Crippen MR) is 370 cm³/mol. The van der Waals surface area contributed by atoms with Crippen molar-refractivity contribution < 1.29 is 10.0 Å². The second kappa shape index (κ2) is 24.7. The second-order valence-electron chi connectivity index (χ2n) is 20.8. The van der Waals surface area contributed by atoms with Crippen LogP contribution in [0.15, 0.2) is 267 Å². The van der Waals surface area contributed by atoms with E-state index in [4.69, 9.17) is 39.8 Å². The largest absolute Gasteiger partial charge is 0.488 e. The Bertz CT molecular complexity index is 5230. The lowest BCUT2D eigenvalue weighted by Gasteiger charge is -2.11. The molecular formula is C74H46BCl3N6O2S2. The lowest BCUT2D eigenvalue weighted by molar-refractivity contribution is 0.426. The van der Waals surface area contributed by atoms with E-state index in [1.54, 1.807) is 17.4 Å². The fourth-order valence-electron chi connectivity index (χ4n) is 11.3. The Morgan fingerprint density at radius 1 is 0.261 bits per heavy atom. The van der Waals surface area contributed by atoms with Crippen molar-refractivity contribution >= 4 is 132 Å². The van der Waals surface area contributed by atoms with Crippen molar-refractivity contribution in [3.05, 3.63) is 283 Å². The van der Waals surface area contributed by atoms with Crippen LogP contribution in [-0.2, 0) is 0 Å². The minimum absolute atomic E-state index is 0.101. The molecule has 0 radical (unpaired) electrons. The fraction of sp³-hybridized carbons (Fsp3) is 0. The van der Waals surface area contributed by atoms with E-state index < -0.39 is 7.12 Å². The molecule has 0 saturated heterocycles. The summed E-state index contributed by atoms with van der Waals surface area (Å²) in [6.45, 7) is 0. The SMILES string of the molecule is Clc1nc(-c2ccccc2)nc(-c2ccc3sc4cc(-c5cccc(-c6ccccc6)c5)c5ccccc5c4c3c2)n1.Clc1nc(Cl)nc(-c2ccccc2)n1.OB(O)c1ccc2sc3cc(-c4cccc(-c5ccccc5)c4)c4ccccc4c3c2c1. The molecular weight excluding hydrogens is 1190 g/mol. The Kier molecular flexibility index (Phi) is 15.8. The third-order valence-electron chi connectivity index (χ3n) is 15.3. The number of fused-ring (bicyclic) bond motifs is 10. The molecule has 16 aromatic rings. The van der Waals surface area contributed by atoms with Crippen molar-refractivity contribution in [2.75, 3.05) is 0 Å². The van der Waals surface area contributed by atoms with Crippen LogP contribution in [0.3, 0.4) is 0 Å². The van der Waals surface area contributed by atoms with Crippen LogP contribution in [0.2, 0.25) is 15.9 Å². The van der Waals surface area contributed by atoms with Gasteiger partial charge >= 0.3 is 7.12 Å². The first kappa shape index (κ1) is 56.3. The van der Waals surface area contributed by atoms with E-state index in [0.717, 1.165) is 26.8 Å². The molecule has 16 rings (SSSR count). The van der Waals surface area contributed by atoms with E-state index in [9.17, 15) is 10.0 Å². The first-order valence-electron chi connectivity index (χ1n) is 28.2. The van der Waals surface area contributed by atoms with Gasteiger partial charge in [0.15, 0.2) is 17.5 Å². The zero-order valence-corrected chi connectivity index (χ0v) is 50.4. The highest BCUT2D eigenvalue weighted by molar-refractivity contribution is 7.26. The van der Waals surface area contributed by atoms with Crippen LogP contribution in [0.5, 0.6) is 0 Å². The van der Waals surface area contributed by atoms with Crippen LogP contribution in [0.4, 0.5) is 0 Å². The Balaban J connectivity index is 0.000000130. The van der Waals surface area contributed by atoms with E-state index in [1.165, 1.54) is 96.3 Å². The van der Waals surface area contributed by atoms with Gasteiger partial charge in [-0.25, -0.2) is 4.98 Å². The number of benzene rings is 12. The molecule has 0 unspecified atom stereocenters. The molecule has 0 bridgehead atoms. The van der Waals surface area contributed by atoms with Gasteiger partial charge in [0.2, 0.25) is 15.9 Å². The van der Waals surface area contributed by atoms with Crippen molar-refractivity contribution in [3.8, 4) is 78.7 Å². The summed E-state index contributed by atoms with van der Waals surface area (Å²) >= 11 is 21.2. The molecule has 0 amide bonds. The Labute approximate surface area is 529 Å². The number of halogens is 3. The van der Waals surface area contributed by atoms with E-state index in [2.05, 4.69) is 207 Å². The van der Waals surface area contributed by atoms with Crippen LogP contribution in [0.25, 0.3) is 141 Å². The molecule has 0 fully saturated rings. The fourth-order valence-corrected chi connectivity index (χ4v) is 14.1. The van der Waals surface area contributed by atoms with Gasteiger partial charge < -0.3 is 10.0 Å². The second-order valence-corrected chi connectivity index (χ2v) is 24.0. The maximum absolute atomic E-state index is 9.68.